The van der Waals surface area contributed by atoms with Crippen LogP contribution in [0.1, 0.15) is 21.5 Å². The van der Waals surface area contributed by atoms with Crippen molar-refractivity contribution in [2.75, 3.05) is 18.7 Å². The minimum atomic E-state index is -1.05. The summed E-state index contributed by atoms with van der Waals surface area (Å²) in [7, 11) is 1.49. The van der Waals surface area contributed by atoms with Crippen LogP contribution in [-0.2, 0) is 4.79 Å². The largest absolute Gasteiger partial charge is 0.493 e. The van der Waals surface area contributed by atoms with Crippen LogP contribution in [0.4, 0.5) is 5.69 Å². The molecule has 0 radical (unpaired) electrons. The maximum absolute atomic E-state index is 13.4. The zero-order valence-electron chi connectivity index (χ0n) is 18.1. The molecule has 3 aromatic carbocycles. The average Bonchev–Trinajstić information content (AvgIpc) is 3.19. The van der Waals surface area contributed by atoms with Gasteiger partial charge in [0.2, 0.25) is 0 Å². The van der Waals surface area contributed by atoms with Crippen molar-refractivity contribution in [1.29, 1.82) is 5.26 Å². The Balaban J connectivity index is 1.75. The van der Waals surface area contributed by atoms with Gasteiger partial charge < -0.3 is 14.6 Å². The summed E-state index contributed by atoms with van der Waals surface area (Å²) in [6.45, 7) is -0.115. The van der Waals surface area contributed by atoms with E-state index in [9.17, 15) is 9.59 Å². The second kappa shape index (κ2) is 9.71. The number of hydrogen-bond acceptors (Lipinski definition) is 6. The molecule has 168 valence electrons. The van der Waals surface area contributed by atoms with E-state index in [1.807, 2.05) is 36.4 Å². The predicted molar refractivity (Wildman–Crippen MR) is 126 cm³/mol. The number of carboxylic acid groups (broad SMARTS) is 1. The number of ether oxygens (including phenoxy) is 2. The number of hydrazone groups is 1. The van der Waals surface area contributed by atoms with Crippen LogP contribution < -0.4 is 14.5 Å². The minimum absolute atomic E-state index is 0.115. The lowest BCUT2D eigenvalue weighted by molar-refractivity contribution is -0.114. The summed E-state index contributed by atoms with van der Waals surface area (Å²) in [5, 5.41) is 23.7. The van der Waals surface area contributed by atoms with E-state index >= 15 is 0 Å². The molecule has 0 fully saturated rings. The van der Waals surface area contributed by atoms with Gasteiger partial charge in [-0.25, -0.2) is 4.79 Å². The van der Waals surface area contributed by atoms with Crippen molar-refractivity contribution in [2.24, 2.45) is 5.10 Å². The lowest BCUT2D eigenvalue weighted by Gasteiger charge is -2.12. The molecule has 0 bridgehead atoms. The number of hydrogen-bond donors (Lipinski definition) is 1. The van der Waals surface area contributed by atoms with Gasteiger partial charge in [-0.2, -0.15) is 15.4 Å². The van der Waals surface area contributed by atoms with Crippen molar-refractivity contribution in [3.8, 4) is 17.6 Å². The molecule has 0 atom stereocenters. The maximum atomic E-state index is 13.4. The van der Waals surface area contributed by atoms with E-state index in [1.165, 1.54) is 24.3 Å². The zero-order chi connectivity index (χ0) is 24.1. The smallest absolute Gasteiger partial charge is 0.335 e. The number of nitriles is 1. The Bertz CT molecular complexity index is 1340. The highest BCUT2D eigenvalue weighted by Crippen LogP contribution is 2.32. The average molecular weight is 453 g/mol. The maximum Gasteiger partial charge on any atom is 0.335 e. The Hall–Kier alpha value is -4.90. The SMILES string of the molecule is COc1cc(C=C2C(=O)N(c3ccc(C(=O)O)cc3)N=C2c2ccccc2)ccc1OCC#N. The van der Waals surface area contributed by atoms with Crippen LogP contribution in [0.5, 0.6) is 11.5 Å². The normalized spacial score (nSPS) is 14.0. The summed E-state index contributed by atoms with van der Waals surface area (Å²) < 4.78 is 10.7. The summed E-state index contributed by atoms with van der Waals surface area (Å²) >= 11 is 0. The van der Waals surface area contributed by atoms with Gasteiger partial charge in [0.15, 0.2) is 18.1 Å². The Morgan fingerprint density at radius 2 is 1.82 bits per heavy atom. The molecule has 1 N–H and O–H groups in total. The third kappa shape index (κ3) is 4.49. The molecule has 1 amide bonds. The Morgan fingerprint density at radius 1 is 1.09 bits per heavy atom. The predicted octanol–water partition coefficient (Wildman–Crippen LogP) is 4.13. The van der Waals surface area contributed by atoms with E-state index in [0.717, 1.165) is 5.56 Å². The van der Waals surface area contributed by atoms with Crippen LogP contribution in [0.25, 0.3) is 6.08 Å². The van der Waals surface area contributed by atoms with E-state index in [1.54, 1.807) is 36.4 Å². The number of carbonyl (C=O) groups excluding carboxylic acids is 1. The number of amides is 1. The highest BCUT2D eigenvalue weighted by Gasteiger charge is 2.32. The first kappa shape index (κ1) is 22.3. The highest BCUT2D eigenvalue weighted by molar-refractivity contribution is 6.37. The number of methoxy groups -OCH3 is 1. The molecule has 0 spiro atoms. The fourth-order valence-corrected chi connectivity index (χ4v) is 3.44. The van der Waals surface area contributed by atoms with Gasteiger partial charge in [-0.1, -0.05) is 36.4 Å². The molecule has 1 heterocycles. The molecule has 0 aliphatic carbocycles. The third-order valence-electron chi connectivity index (χ3n) is 5.07. The number of anilines is 1. The van der Waals surface area contributed by atoms with Gasteiger partial charge in [-0.05, 0) is 48.0 Å². The van der Waals surface area contributed by atoms with Gasteiger partial charge in [0, 0.05) is 5.56 Å². The Kier molecular flexibility index (Phi) is 6.37. The van der Waals surface area contributed by atoms with E-state index in [-0.39, 0.29) is 18.1 Å². The van der Waals surface area contributed by atoms with Crippen LogP contribution in [-0.4, -0.2) is 36.4 Å². The summed E-state index contributed by atoms with van der Waals surface area (Å²) in [4.78, 5) is 24.6. The topological polar surface area (TPSA) is 112 Å². The zero-order valence-corrected chi connectivity index (χ0v) is 18.1. The number of benzene rings is 3. The molecule has 3 aromatic rings. The first-order valence-electron chi connectivity index (χ1n) is 10.2. The van der Waals surface area contributed by atoms with E-state index in [4.69, 9.17) is 19.8 Å². The molecule has 0 unspecified atom stereocenters. The lowest BCUT2D eigenvalue weighted by atomic mass is 10.00. The Labute approximate surface area is 195 Å². The van der Waals surface area contributed by atoms with Crippen LogP contribution in [0.15, 0.2) is 83.5 Å². The van der Waals surface area contributed by atoms with Crippen molar-refractivity contribution in [3.05, 3.63) is 95.1 Å². The molecular weight excluding hydrogens is 434 g/mol. The molecule has 1 aliphatic heterocycles. The number of nitrogens with zero attached hydrogens (tertiary/aromatic N) is 3. The Morgan fingerprint density at radius 3 is 2.47 bits per heavy atom. The van der Waals surface area contributed by atoms with Gasteiger partial charge in [0.25, 0.3) is 5.91 Å². The fourth-order valence-electron chi connectivity index (χ4n) is 3.44. The molecule has 0 saturated heterocycles. The summed E-state index contributed by atoms with van der Waals surface area (Å²) in [6.07, 6.45) is 1.70. The van der Waals surface area contributed by atoms with Crippen LogP contribution in [0, 0.1) is 11.3 Å². The molecule has 34 heavy (non-hydrogen) atoms. The van der Waals surface area contributed by atoms with Gasteiger partial charge >= 0.3 is 5.97 Å². The van der Waals surface area contributed by atoms with E-state index in [0.29, 0.717) is 34.0 Å². The van der Waals surface area contributed by atoms with Gasteiger partial charge in [-0.15, -0.1) is 0 Å². The van der Waals surface area contributed by atoms with E-state index in [2.05, 4.69) is 5.10 Å². The van der Waals surface area contributed by atoms with Crippen LogP contribution in [0.3, 0.4) is 0 Å². The fraction of sp³-hybridized carbons (Fsp3) is 0.0769. The van der Waals surface area contributed by atoms with Crippen molar-refractivity contribution >= 4 is 29.4 Å². The van der Waals surface area contributed by atoms with Gasteiger partial charge in [-0.3, -0.25) is 4.79 Å². The standard InChI is InChI=1S/C26H19N3O5/c1-33-23-16-17(7-12-22(23)34-14-13-27)15-21-24(18-5-3-2-4-6-18)28-29(25(21)30)20-10-8-19(9-11-20)26(31)32/h2-12,15-16H,14H2,1H3,(H,31,32). The lowest BCUT2D eigenvalue weighted by Crippen LogP contribution is -2.21. The molecule has 0 saturated carbocycles. The quantitative estimate of drug-likeness (QED) is 0.539. The summed E-state index contributed by atoms with van der Waals surface area (Å²) in [5.41, 5.74) is 2.84. The van der Waals surface area contributed by atoms with Crippen LogP contribution >= 0.6 is 0 Å². The summed E-state index contributed by atoms with van der Waals surface area (Å²) in [6, 6.07) is 22.3. The number of carboxylic acids is 1. The van der Waals surface area contributed by atoms with Crippen molar-refractivity contribution < 1.29 is 24.2 Å². The van der Waals surface area contributed by atoms with Gasteiger partial charge in [0.1, 0.15) is 11.8 Å². The highest BCUT2D eigenvalue weighted by atomic mass is 16.5. The number of rotatable bonds is 7. The molecule has 0 aromatic heterocycles. The molecule has 4 rings (SSSR count). The summed E-state index contributed by atoms with van der Waals surface area (Å²) in [5.74, 6) is -0.564. The molecule has 8 nitrogen and oxygen atoms in total. The second-order valence-electron chi connectivity index (χ2n) is 7.20. The van der Waals surface area contributed by atoms with Gasteiger partial charge in [0.05, 0.1) is 23.9 Å². The van der Waals surface area contributed by atoms with Crippen LogP contribution in [0.2, 0.25) is 0 Å². The number of aromatic carboxylic acids is 1. The van der Waals surface area contributed by atoms with Crippen molar-refractivity contribution in [3.63, 3.8) is 0 Å². The monoisotopic (exact) mass is 453 g/mol. The van der Waals surface area contributed by atoms with Crippen molar-refractivity contribution in [1.82, 2.24) is 0 Å². The number of carbonyl (C=O) groups is 2. The minimum Gasteiger partial charge on any atom is -0.493 e. The molecule has 1 aliphatic rings. The third-order valence-corrected chi connectivity index (χ3v) is 5.07. The van der Waals surface area contributed by atoms with Crippen molar-refractivity contribution in [2.45, 2.75) is 0 Å². The molecule has 8 heteroatoms. The van der Waals surface area contributed by atoms with E-state index < -0.39 is 5.97 Å². The first-order chi connectivity index (χ1) is 16.5. The second-order valence-corrected chi connectivity index (χ2v) is 7.20. The first-order valence-corrected chi connectivity index (χ1v) is 10.2. The molecular formula is C26H19N3O5.